The quantitative estimate of drug-likeness (QED) is 0.812. The number of likely N-dealkylation sites (N-methyl/N-ethyl adjacent to an activating group) is 1. The van der Waals surface area contributed by atoms with Gasteiger partial charge in [0.2, 0.25) is 0 Å². The molecule has 0 aliphatic heterocycles. The van der Waals surface area contributed by atoms with Gasteiger partial charge in [-0.2, -0.15) is 0 Å². The van der Waals surface area contributed by atoms with Crippen LogP contribution in [0.15, 0.2) is 36.4 Å². The van der Waals surface area contributed by atoms with E-state index in [1.807, 2.05) is 57.3 Å². The number of thiocarbonyl (C=S) groups is 1. The molecule has 0 atom stereocenters. The Bertz CT molecular complexity index is 270. The first-order valence-corrected chi connectivity index (χ1v) is 7.83. The van der Waals surface area contributed by atoms with Crippen LogP contribution in [-0.4, -0.2) is 43.2 Å². The van der Waals surface area contributed by atoms with E-state index >= 15 is 0 Å². The van der Waals surface area contributed by atoms with Gasteiger partial charge in [0, 0.05) is 23.0 Å². The van der Waals surface area contributed by atoms with E-state index in [9.17, 15) is 0 Å². The van der Waals surface area contributed by atoms with Crippen molar-refractivity contribution in [3.8, 4) is 0 Å². The summed E-state index contributed by atoms with van der Waals surface area (Å²) in [5, 5.41) is 6.71. The molecule has 3 nitrogen and oxygen atoms in total. The van der Waals surface area contributed by atoms with Crippen molar-refractivity contribution in [3.63, 3.8) is 0 Å². The second kappa shape index (κ2) is 17.9. The van der Waals surface area contributed by atoms with Crippen molar-refractivity contribution >= 4 is 17.3 Å². The van der Waals surface area contributed by atoms with Crippen molar-refractivity contribution in [1.82, 2.24) is 15.5 Å². The van der Waals surface area contributed by atoms with Gasteiger partial charge >= 0.3 is 0 Å². The molecule has 0 spiro atoms. The maximum Gasteiger partial charge on any atom is 0.166 e. The summed E-state index contributed by atoms with van der Waals surface area (Å²) in [6.45, 7) is 12.5. The van der Waals surface area contributed by atoms with Crippen molar-refractivity contribution < 1.29 is 2.85 Å². The largest absolute Gasteiger partial charge is 0.366 e. The summed E-state index contributed by atoms with van der Waals surface area (Å²) < 4.78 is 0. The molecule has 0 heterocycles. The third-order valence-corrected chi connectivity index (χ3v) is 2.85. The Labute approximate surface area is 133 Å². The van der Waals surface area contributed by atoms with Crippen LogP contribution < -0.4 is 10.6 Å². The molecular weight excluding hydrogens is 266 g/mol. The summed E-state index contributed by atoms with van der Waals surface area (Å²) in [6, 6.07) is 12.0. The van der Waals surface area contributed by atoms with Gasteiger partial charge < -0.3 is 15.5 Å². The second-order valence-electron chi connectivity index (χ2n) is 3.69. The molecular formula is C16H35N3S. The smallest absolute Gasteiger partial charge is 0.166 e. The summed E-state index contributed by atoms with van der Waals surface area (Å²) in [7, 11) is 1.83. The van der Waals surface area contributed by atoms with E-state index in [1.54, 1.807) is 0 Å². The molecule has 0 bridgehead atoms. The van der Waals surface area contributed by atoms with E-state index in [2.05, 4.69) is 29.4 Å². The predicted molar refractivity (Wildman–Crippen MR) is 99.5 cm³/mol. The van der Waals surface area contributed by atoms with Gasteiger partial charge in [-0.15, -0.1) is 0 Å². The van der Waals surface area contributed by atoms with Crippen molar-refractivity contribution in [2.24, 2.45) is 0 Å². The average Bonchev–Trinajstić information content (AvgIpc) is 2.55. The first-order valence-electron chi connectivity index (χ1n) is 7.42. The molecule has 1 rings (SSSR count). The Balaban J connectivity index is -0.000000137. The number of rotatable bonds is 5. The van der Waals surface area contributed by atoms with E-state index in [0.29, 0.717) is 0 Å². The van der Waals surface area contributed by atoms with Crippen LogP contribution in [0, 0.1) is 0 Å². The fraction of sp³-hybridized carbons (Fsp3) is 0.562. The minimum atomic E-state index is 0. The van der Waals surface area contributed by atoms with E-state index in [1.165, 1.54) is 0 Å². The summed E-state index contributed by atoms with van der Waals surface area (Å²) in [5.74, 6) is 0. The van der Waals surface area contributed by atoms with E-state index in [0.717, 1.165) is 31.3 Å². The number of benzene rings is 1. The molecule has 20 heavy (non-hydrogen) atoms. The van der Waals surface area contributed by atoms with Gasteiger partial charge in [-0.3, -0.25) is 0 Å². The molecule has 0 unspecified atom stereocenters. The van der Waals surface area contributed by atoms with Crippen molar-refractivity contribution in [1.29, 1.82) is 0 Å². The lowest BCUT2D eigenvalue weighted by Gasteiger charge is -2.18. The van der Waals surface area contributed by atoms with Crippen LogP contribution in [-0.2, 0) is 0 Å². The lowest BCUT2D eigenvalue weighted by Crippen LogP contribution is -2.38. The number of nitrogens with zero attached hydrogens (tertiary/aromatic N) is 1. The van der Waals surface area contributed by atoms with Gasteiger partial charge in [-0.25, -0.2) is 0 Å². The molecule has 2 N–H and O–H groups in total. The van der Waals surface area contributed by atoms with Crippen molar-refractivity contribution in [2.45, 2.75) is 27.7 Å². The van der Waals surface area contributed by atoms with Crippen LogP contribution in [0.25, 0.3) is 0 Å². The minimum absolute atomic E-state index is 0. The molecule has 0 aliphatic rings. The first kappa shape index (κ1) is 21.2. The van der Waals surface area contributed by atoms with Crippen LogP contribution >= 0.6 is 12.2 Å². The molecule has 120 valence electrons. The Morgan fingerprint density at radius 1 is 1.00 bits per heavy atom. The van der Waals surface area contributed by atoms with Crippen LogP contribution in [0.2, 0.25) is 0 Å². The number of hydrogen-bond acceptors (Lipinski definition) is 2. The molecule has 0 radical (unpaired) electrons. The van der Waals surface area contributed by atoms with Gasteiger partial charge in [0.05, 0.1) is 0 Å². The number of hydrogen-bond donors (Lipinski definition) is 2. The highest BCUT2D eigenvalue weighted by molar-refractivity contribution is 7.80. The SMILES string of the molecule is CC.CCN(CC)CCNC(=S)NC.[HH].[HH].c1ccccc1. The zero-order valence-electron chi connectivity index (χ0n) is 13.6. The Kier molecular flexibility index (Phi) is 18.9. The van der Waals surface area contributed by atoms with Crippen molar-refractivity contribution in [2.75, 3.05) is 33.2 Å². The maximum absolute atomic E-state index is 4.94. The molecule has 1 aromatic rings. The third-order valence-electron chi connectivity index (χ3n) is 2.50. The summed E-state index contributed by atoms with van der Waals surface area (Å²) in [4.78, 5) is 2.35. The van der Waals surface area contributed by atoms with Gasteiger partial charge in [0.25, 0.3) is 0 Å². The second-order valence-corrected chi connectivity index (χ2v) is 4.10. The number of nitrogens with one attached hydrogen (secondary N) is 2. The van der Waals surface area contributed by atoms with Gasteiger partial charge in [-0.1, -0.05) is 64.1 Å². The third kappa shape index (κ3) is 14.9. The van der Waals surface area contributed by atoms with Gasteiger partial charge in [0.15, 0.2) is 5.11 Å². The lowest BCUT2D eigenvalue weighted by molar-refractivity contribution is 0.308. The highest BCUT2D eigenvalue weighted by atomic mass is 32.1. The van der Waals surface area contributed by atoms with Gasteiger partial charge in [-0.05, 0) is 25.3 Å². The summed E-state index contributed by atoms with van der Waals surface area (Å²) in [6.07, 6.45) is 0. The zero-order chi connectivity index (χ0) is 15.6. The van der Waals surface area contributed by atoms with Crippen LogP contribution in [0.5, 0.6) is 0 Å². The standard InChI is InChI=1S/C8H19N3S.C6H6.C2H6.2H2/c1-4-11(5-2)7-6-10-8(12)9-3;1-2-4-6-5-3-1;1-2;;/h4-7H2,1-3H3,(H2,9,10,12);1-6H;1-2H3;2*1H. The summed E-state index contributed by atoms with van der Waals surface area (Å²) >= 11 is 4.94. The monoisotopic (exact) mass is 301 g/mol. The van der Waals surface area contributed by atoms with Crippen molar-refractivity contribution in [3.05, 3.63) is 36.4 Å². The van der Waals surface area contributed by atoms with Gasteiger partial charge in [0.1, 0.15) is 0 Å². The molecule has 0 aromatic heterocycles. The van der Waals surface area contributed by atoms with E-state index in [-0.39, 0.29) is 2.85 Å². The normalized spacial score (nSPS) is 8.70. The molecule has 0 amide bonds. The molecule has 0 saturated carbocycles. The highest BCUT2D eigenvalue weighted by Gasteiger charge is 1.97. The molecule has 4 heteroatoms. The fourth-order valence-electron chi connectivity index (χ4n) is 1.34. The van der Waals surface area contributed by atoms with Crippen LogP contribution in [0.3, 0.4) is 0 Å². The summed E-state index contributed by atoms with van der Waals surface area (Å²) in [5.41, 5.74) is 0. The molecule has 0 saturated heterocycles. The molecule has 1 aromatic carbocycles. The lowest BCUT2D eigenvalue weighted by atomic mass is 10.4. The Morgan fingerprint density at radius 3 is 1.70 bits per heavy atom. The predicted octanol–water partition coefficient (Wildman–Crippen LogP) is 3.63. The highest BCUT2D eigenvalue weighted by Crippen LogP contribution is 1.83. The molecule has 0 aliphatic carbocycles. The first-order chi connectivity index (χ1) is 9.74. The zero-order valence-corrected chi connectivity index (χ0v) is 14.5. The Morgan fingerprint density at radius 2 is 1.40 bits per heavy atom. The maximum atomic E-state index is 4.94. The topological polar surface area (TPSA) is 27.3 Å². The van der Waals surface area contributed by atoms with Crippen LogP contribution in [0.1, 0.15) is 30.5 Å². The molecule has 0 fully saturated rings. The minimum Gasteiger partial charge on any atom is -0.366 e. The van der Waals surface area contributed by atoms with E-state index in [4.69, 9.17) is 12.2 Å². The average molecular weight is 302 g/mol. The van der Waals surface area contributed by atoms with Crippen LogP contribution in [0.4, 0.5) is 0 Å². The fourth-order valence-corrected chi connectivity index (χ4v) is 1.44. The Hall–Kier alpha value is -1.13. The van der Waals surface area contributed by atoms with E-state index < -0.39 is 0 Å².